The van der Waals surface area contributed by atoms with E-state index in [1.54, 1.807) is 32.4 Å². The molecule has 1 saturated heterocycles. The number of hydrogen-bond donors (Lipinski definition) is 4. The number of ether oxygens (including phenoxy) is 1. The molecule has 4 heterocycles. The Kier molecular flexibility index (Phi) is 10.0. The molecule has 3 aliphatic rings. The second kappa shape index (κ2) is 14.8. The molecule has 4 aromatic rings. The fourth-order valence-electron chi connectivity index (χ4n) is 7.26. The van der Waals surface area contributed by atoms with Crippen molar-refractivity contribution in [3.63, 3.8) is 0 Å². The number of amides is 3. The van der Waals surface area contributed by atoms with Crippen LogP contribution in [0, 0.1) is 12.8 Å². The molecule has 0 radical (unpaired) electrons. The molecule has 0 bridgehead atoms. The summed E-state index contributed by atoms with van der Waals surface area (Å²) in [5.41, 5.74) is 1.01. The summed E-state index contributed by atoms with van der Waals surface area (Å²) in [5, 5.41) is 38.5. The fraction of sp³-hybridized carbons (Fsp3) is 0.395. The molecule has 4 N–H and O–H groups in total. The van der Waals surface area contributed by atoms with Crippen LogP contribution in [0.2, 0.25) is 0 Å². The minimum atomic E-state index is -1.47. The van der Waals surface area contributed by atoms with E-state index >= 15 is 0 Å². The van der Waals surface area contributed by atoms with E-state index in [9.17, 15) is 29.4 Å². The lowest BCUT2D eigenvalue weighted by molar-refractivity contribution is -0.145. The van der Waals surface area contributed by atoms with Crippen molar-refractivity contribution in [2.45, 2.75) is 75.5 Å². The number of carbonyl (C=O) groups is 4. The molecule has 2 aliphatic heterocycles. The van der Waals surface area contributed by atoms with Crippen LogP contribution in [0.25, 0.3) is 22.0 Å². The van der Waals surface area contributed by atoms with Crippen LogP contribution in [0.1, 0.15) is 66.9 Å². The number of carboxylic acids is 1. The Hall–Kier alpha value is -5.57. The van der Waals surface area contributed by atoms with Gasteiger partial charge in [0.2, 0.25) is 11.8 Å². The number of phenols is 1. The number of rotatable bonds is 7. The van der Waals surface area contributed by atoms with Gasteiger partial charge in [0.05, 0.1) is 13.2 Å². The summed E-state index contributed by atoms with van der Waals surface area (Å²) in [6.07, 6.45) is 9.11. The molecule has 2 aromatic carbocycles. The second-order valence-corrected chi connectivity index (χ2v) is 14.7. The van der Waals surface area contributed by atoms with E-state index < -0.39 is 47.4 Å². The molecule has 2 aromatic heterocycles. The summed E-state index contributed by atoms with van der Waals surface area (Å²) < 4.78 is 5.34. The maximum absolute atomic E-state index is 14.6. The van der Waals surface area contributed by atoms with E-state index in [0.29, 0.717) is 40.6 Å². The second-order valence-electron chi connectivity index (χ2n) is 13.8. The normalized spacial score (nSPS) is 25.3. The van der Waals surface area contributed by atoms with Gasteiger partial charge in [-0.15, -0.1) is 16.4 Å². The average Bonchev–Trinajstić information content (AvgIpc) is 3.61. The largest absolute Gasteiger partial charge is 0.508 e. The highest BCUT2D eigenvalue weighted by atomic mass is 32.1. The molecule has 0 spiro atoms. The molecule has 53 heavy (non-hydrogen) atoms. The van der Waals surface area contributed by atoms with Crippen molar-refractivity contribution in [3.05, 3.63) is 77.3 Å². The van der Waals surface area contributed by atoms with Gasteiger partial charge in [-0.3, -0.25) is 14.4 Å². The molecular formula is C38H41N7O7S. The van der Waals surface area contributed by atoms with Gasteiger partial charge in [0.15, 0.2) is 0 Å². The van der Waals surface area contributed by atoms with Gasteiger partial charge in [-0.25, -0.2) is 9.78 Å². The molecule has 14 nitrogen and oxygen atoms in total. The van der Waals surface area contributed by atoms with Gasteiger partial charge in [-0.05, 0) is 69.0 Å². The molecule has 1 aliphatic carbocycles. The monoisotopic (exact) mass is 739 g/mol. The Morgan fingerprint density at radius 1 is 1.08 bits per heavy atom. The van der Waals surface area contributed by atoms with E-state index in [-0.39, 0.29) is 36.6 Å². The Balaban J connectivity index is 1.25. The van der Waals surface area contributed by atoms with Crippen LogP contribution in [0.15, 0.2) is 66.2 Å². The Bertz CT molecular complexity index is 2050. The number of nitrogens with one attached hydrogen (secondary N) is 2. The summed E-state index contributed by atoms with van der Waals surface area (Å²) >= 11 is 1.40. The molecule has 276 valence electrons. The number of aliphatic carboxylic acids is 1. The smallest absolute Gasteiger partial charge is 0.330 e. The first-order valence-corrected chi connectivity index (χ1v) is 18.6. The number of carbonyl (C=O) groups excluding carboxylic acids is 3. The number of thiazole rings is 1. The zero-order chi connectivity index (χ0) is 37.3. The maximum atomic E-state index is 14.6. The van der Waals surface area contributed by atoms with Gasteiger partial charge in [0, 0.05) is 47.2 Å². The lowest BCUT2D eigenvalue weighted by atomic mass is 10.0. The van der Waals surface area contributed by atoms with Crippen molar-refractivity contribution >= 4 is 35.0 Å². The van der Waals surface area contributed by atoms with Gasteiger partial charge < -0.3 is 30.5 Å². The molecule has 4 unspecified atom stereocenters. The molecule has 15 heteroatoms. The van der Waals surface area contributed by atoms with Crippen molar-refractivity contribution in [1.82, 2.24) is 35.5 Å². The number of carboxylic acid groups (broad SMARTS) is 1. The quantitative estimate of drug-likeness (QED) is 0.196. The van der Waals surface area contributed by atoms with Gasteiger partial charge in [0.1, 0.15) is 45.5 Å². The summed E-state index contributed by atoms with van der Waals surface area (Å²) in [6, 6.07) is 9.38. The van der Waals surface area contributed by atoms with Crippen LogP contribution in [-0.4, -0.2) is 90.1 Å². The average molecular weight is 740 g/mol. The molecule has 3 amide bonds. The standard InChI is InChI=1S/C38H41N7O7S/c1-22-27(10-8-12-30(22)46)33(47)40-28-11-7-5-3-4-6-9-24-20-38(24,37(50)51)41-34(48)29-19-25(21-44(29)36(28)49)45-42-31(23-13-15-26(52-2)16-14-23)32(43-45)35-39-17-18-53-35/h6,8-10,12-18,24-25,28-29,46H,3-5,7,11,19-21H2,1-2H3,(H,40,47)(H,41,48)(H,50,51)/b9-6-/t24?,25-,28?,29?,38?/m1/s1. The SMILES string of the molecule is COc1ccc(-c2nn([C@@H]3CC4C(=O)NC5(C(=O)O)CC5/C=C\CCCCCC(NC(=O)c5cccc(O)c5C)C(=O)N4C3)nc2-c2nccs2)cc1. The first-order chi connectivity index (χ1) is 25.6. The van der Waals surface area contributed by atoms with Crippen LogP contribution < -0.4 is 15.4 Å². The van der Waals surface area contributed by atoms with Crippen molar-refractivity contribution in [2.75, 3.05) is 13.7 Å². The third-order valence-corrected chi connectivity index (χ3v) is 11.2. The number of aromatic hydroxyl groups is 1. The zero-order valence-electron chi connectivity index (χ0n) is 29.4. The van der Waals surface area contributed by atoms with Crippen LogP contribution in [0.4, 0.5) is 0 Å². The van der Waals surface area contributed by atoms with E-state index in [1.807, 2.05) is 41.8 Å². The number of phenolic OH excluding ortho intramolecular Hbond substituents is 1. The summed E-state index contributed by atoms with van der Waals surface area (Å²) in [4.78, 5) is 62.4. The Labute approximate surface area is 309 Å². The summed E-state index contributed by atoms with van der Waals surface area (Å²) in [6.45, 7) is 1.66. The molecule has 7 rings (SSSR count). The molecular weight excluding hydrogens is 699 g/mol. The maximum Gasteiger partial charge on any atom is 0.330 e. The topological polar surface area (TPSA) is 189 Å². The van der Waals surface area contributed by atoms with E-state index in [1.165, 1.54) is 27.1 Å². The first kappa shape index (κ1) is 35.8. The van der Waals surface area contributed by atoms with Crippen molar-refractivity contribution < 1.29 is 34.1 Å². The number of fused-ring (bicyclic) bond motifs is 2. The lowest BCUT2D eigenvalue weighted by Gasteiger charge is -2.29. The highest BCUT2D eigenvalue weighted by molar-refractivity contribution is 7.13. The van der Waals surface area contributed by atoms with Gasteiger partial charge in [0.25, 0.3) is 5.91 Å². The van der Waals surface area contributed by atoms with Crippen LogP contribution in [0.5, 0.6) is 11.5 Å². The summed E-state index contributed by atoms with van der Waals surface area (Å²) in [5.74, 6) is -2.44. The zero-order valence-corrected chi connectivity index (χ0v) is 30.2. The number of nitrogens with zero attached hydrogens (tertiary/aromatic N) is 5. The van der Waals surface area contributed by atoms with E-state index in [0.717, 1.165) is 24.8 Å². The first-order valence-electron chi connectivity index (χ1n) is 17.7. The highest BCUT2D eigenvalue weighted by Crippen LogP contribution is 2.46. The van der Waals surface area contributed by atoms with E-state index in [2.05, 4.69) is 15.6 Å². The van der Waals surface area contributed by atoms with Crippen molar-refractivity contribution in [2.24, 2.45) is 5.92 Å². The highest BCUT2D eigenvalue weighted by Gasteiger charge is 2.61. The number of allylic oxidation sites excluding steroid dienone is 1. The van der Waals surface area contributed by atoms with Gasteiger partial charge in [-0.2, -0.15) is 9.90 Å². The molecule has 1 saturated carbocycles. The number of aromatic nitrogens is 4. The minimum absolute atomic E-state index is 0.0336. The fourth-order valence-corrected chi connectivity index (χ4v) is 7.89. The van der Waals surface area contributed by atoms with Crippen LogP contribution in [0.3, 0.4) is 0 Å². The summed E-state index contributed by atoms with van der Waals surface area (Å²) in [7, 11) is 1.59. The number of benzene rings is 2. The minimum Gasteiger partial charge on any atom is -0.508 e. The predicted molar refractivity (Wildman–Crippen MR) is 195 cm³/mol. The number of methoxy groups -OCH3 is 1. The van der Waals surface area contributed by atoms with Gasteiger partial charge in [-0.1, -0.05) is 31.1 Å². The Morgan fingerprint density at radius 2 is 1.87 bits per heavy atom. The van der Waals surface area contributed by atoms with Crippen molar-refractivity contribution in [1.29, 1.82) is 0 Å². The Morgan fingerprint density at radius 3 is 2.60 bits per heavy atom. The third kappa shape index (κ3) is 7.12. The van der Waals surface area contributed by atoms with Crippen molar-refractivity contribution in [3.8, 4) is 33.5 Å². The molecule has 5 atom stereocenters. The third-order valence-electron chi connectivity index (χ3n) is 10.4. The van der Waals surface area contributed by atoms with Crippen LogP contribution >= 0.6 is 11.3 Å². The lowest BCUT2D eigenvalue weighted by Crippen LogP contribution is -2.56. The predicted octanol–water partition coefficient (Wildman–Crippen LogP) is 4.51. The number of hydrogen-bond acceptors (Lipinski definition) is 10. The van der Waals surface area contributed by atoms with Gasteiger partial charge >= 0.3 is 5.97 Å². The van der Waals surface area contributed by atoms with Crippen LogP contribution in [-0.2, 0) is 14.4 Å². The molecule has 2 fully saturated rings. The van der Waals surface area contributed by atoms with E-state index in [4.69, 9.17) is 14.9 Å².